The highest BCUT2D eigenvalue weighted by atomic mass is 16.6. The first-order chi connectivity index (χ1) is 17.8. The van der Waals surface area contributed by atoms with Crippen LogP contribution in [0.3, 0.4) is 0 Å². The third-order valence-electron chi connectivity index (χ3n) is 5.51. The van der Waals surface area contributed by atoms with Crippen molar-refractivity contribution in [2.75, 3.05) is 13.7 Å². The lowest BCUT2D eigenvalue weighted by Crippen LogP contribution is -2.45. The highest BCUT2D eigenvalue weighted by Gasteiger charge is 2.32. The number of hydrogen-bond acceptors (Lipinski definition) is 9. The van der Waals surface area contributed by atoms with Gasteiger partial charge in [0.2, 0.25) is 0 Å². The van der Waals surface area contributed by atoms with Crippen molar-refractivity contribution in [3.63, 3.8) is 0 Å². The number of nitro benzene ring substituents is 1. The quantitative estimate of drug-likeness (QED) is 0.252. The van der Waals surface area contributed by atoms with E-state index in [0.717, 1.165) is 0 Å². The zero-order valence-corrected chi connectivity index (χ0v) is 20.3. The van der Waals surface area contributed by atoms with Gasteiger partial charge in [-0.15, -0.1) is 5.10 Å². The average Bonchev–Trinajstić information content (AvgIpc) is 3.35. The fourth-order valence-corrected chi connectivity index (χ4v) is 3.82. The summed E-state index contributed by atoms with van der Waals surface area (Å²) in [5, 5.41) is 24.8. The Kier molecular flexibility index (Phi) is 7.32. The molecule has 0 aliphatic carbocycles. The van der Waals surface area contributed by atoms with Gasteiger partial charge in [0.1, 0.15) is 29.5 Å². The van der Waals surface area contributed by atoms with Crippen LogP contribution in [-0.2, 0) is 16.1 Å². The summed E-state index contributed by atoms with van der Waals surface area (Å²) in [6.07, 6.45) is 1.52. The van der Waals surface area contributed by atoms with Gasteiger partial charge in [0.25, 0.3) is 5.69 Å². The fourth-order valence-electron chi connectivity index (χ4n) is 3.82. The number of allylic oxidation sites excluding steroid dienone is 1. The van der Waals surface area contributed by atoms with Gasteiger partial charge in [-0.2, -0.15) is 0 Å². The molecule has 2 N–H and O–H groups in total. The molecule has 192 valence electrons. The number of hydrogen-bond donors (Lipinski definition) is 2. The molecule has 13 heteroatoms. The number of methoxy groups -OCH3 is 1. The van der Waals surface area contributed by atoms with Gasteiger partial charge in [0.15, 0.2) is 0 Å². The van der Waals surface area contributed by atoms with Crippen LogP contribution in [0.2, 0.25) is 0 Å². The molecule has 0 fully saturated rings. The smallest absolute Gasteiger partial charge is 0.338 e. The lowest BCUT2D eigenvalue weighted by atomic mass is 9.95. The van der Waals surface area contributed by atoms with E-state index >= 15 is 0 Å². The van der Waals surface area contributed by atoms with Gasteiger partial charge in [-0.3, -0.25) is 10.1 Å². The summed E-state index contributed by atoms with van der Waals surface area (Å²) >= 11 is 0. The standard InChI is InChI=1S/C24H24N6O7/c1-4-36-23(31)21-14(2)25-24(32)26-22(21)15-6-5-7-18(10-15)37-13-16-12-29(28-27-16)19-9-8-17(35-3)11-20(19)30(33)34/h5-12,22H,4,13H2,1-3H3,(H2,25,26,32). The van der Waals surface area contributed by atoms with E-state index in [-0.39, 0.29) is 24.6 Å². The highest BCUT2D eigenvalue weighted by molar-refractivity contribution is 5.95. The number of aromatic nitrogens is 3. The topological polar surface area (TPSA) is 160 Å². The molecule has 0 saturated heterocycles. The van der Waals surface area contributed by atoms with E-state index in [9.17, 15) is 19.7 Å². The second-order valence-electron chi connectivity index (χ2n) is 7.92. The lowest BCUT2D eigenvalue weighted by molar-refractivity contribution is -0.384. The van der Waals surface area contributed by atoms with Crippen LogP contribution in [0.4, 0.5) is 10.5 Å². The maximum Gasteiger partial charge on any atom is 0.338 e. The number of nitrogens with zero attached hydrogens (tertiary/aromatic N) is 4. The highest BCUT2D eigenvalue weighted by Crippen LogP contribution is 2.30. The van der Waals surface area contributed by atoms with Gasteiger partial charge in [-0.25, -0.2) is 14.3 Å². The molecule has 0 saturated carbocycles. The Hall–Kier alpha value is -4.94. The summed E-state index contributed by atoms with van der Waals surface area (Å²) in [7, 11) is 1.42. The minimum Gasteiger partial charge on any atom is -0.496 e. The zero-order chi connectivity index (χ0) is 26.5. The van der Waals surface area contributed by atoms with E-state index in [4.69, 9.17) is 14.2 Å². The van der Waals surface area contributed by atoms with E-state index in [0.29, 0.717) is 34.0 Å². The van der Waals surface area contributed by atoms with E-state index < -0.39 is 23.0 Å². The molecule has 0 bridgehead atoms. The van der Waals surface area contributed by atoms with Crippen molar-refractivity contribution < 1.29 is 28.7 Å². The number of nitrogens with one attached hydrogen (secondary N) is 2. The number of carbonyl (C=O) groups excluding carboxylic acids is 2. The Morgan fingerprint density at radius 1 is 1.22 bits per heavy atom. The zero-order valence-electron chi connectivity index (χ0n) is 20.3. The van der Waals surface area contributed by atoms with Crippen LogP contribution >= 0.6 is 0 Å². The van der Waals surface area contributed by atoms with Crippen LogP contribution in [0.15, 0.2) is 59.9 Å². The summed E-state index contributed by atoms with van der Waals surface area (Å²) in [5.74, 6) is 0.268. The molecule has 0 radical (unpaired) electrons. The molecule has 2 aromatic carbocycles. The van der Waals surface area contributed by atoms with Gasteiger partial charge < -0.3 is 24.8 Å². The van der Waals surface area contributed by atoms with Gasteiger partial charge in [0.05, 0.1) is 42.5 Å². The van der Waals surface area contributed by atoms with E-state index in [1.807, 2.05) is 0 Å². The SMILES string of the molecule is CCOC(=O)C1=C(C)NC(=O)NC1c1cccc(OCc2cn(-c3ccc(OC)cc3[N+](=O)[O-])nn2)c1. The summed E-state index contributed by atoms with van der Waals surface area (Å²) < 4.78 is 17.4. The molecule has 1 aromatic heterocycles. The number of benzene rings is 2. The third-order valence-corrected chi connectivity index (χ3v) is 5.51. The Morgan fingerprint density at radius 3 is 2.76 bits per heavy atom. The molecule has 0 spiro atoms. The average molecular weight is 508 g/mol. The molecule has 1 aliphatic rings. The van der Waals surface area contributed by atoms with Crippen LogP contribution in [0.5, 0.6) is 11.5 Å². The molecule has 2 heterocycles. The van der Waals surface area contributed by atoms with Crippen LogP contribution in [-0.4, -0.2) is 45.6 Å². The van der Waals surface area contributed by atoms with Crippen LogP contribution in [0, 0.1) is 10.1 Å². The monoisotopic (exact) mass is 508 g/mol. The first kappa shape index (κ1) is 25.2. The number of ether oxygens (including phenoxy) is 3. The summed E-state index contributed by atoms with van der Waals surface area (Å²) in [4.78, 5) is 35.6. The first-order valence-corrected chi connectivity index (χ1v) is 11.2. The normalized spacial score (nSPS) is 15.0. The van der Waals surface area contributed by atoms with E-state index in [2.05, 4.69) is 20.9 Å². The number of rotatable bonds is 9. The molecular formula is C24H24N6O7. The number of esters is 1. The van der Waals surface area contributed by atoms with Gasteiger partial charge >= 0.3 is 12.0 Å². The molecule has 1 unspecified atom stereocenters. The Bertz CT molecular complexity index is 1380. The van der Waals surface area contributed by atoms with Crippen molar-refractivity contribution in [3.05, 3.63) is 81.3 Å². The molecule has 1 atom stereocenters. The van der Waals surface area contributed by atoms with E-state index in [1.54, 1.807) is 44.2 Å². The van der Waals surface area contributed by atoms with Crippen molar-refractivity contribution in [1.29, 1.82) is 0 Å². The van der Waals surface area contributed by atoms with Gasteiger partial charge in [-0.05, 0) is 43.7 Å². The van der Waals surface area contributed by atoms with Crippen LogP contribution in [0.25, 0.3) is 5.69 Å². The molecule has 4 rings (SSSR count). The maximum atomic E-state index is 12.5. The van der Waals surface area contributed by atoms with Crippen LogP contribution in [0.1, 0.15) is 31.1 Å². The summed E-state index contributed by atoms with van der Waals surface area (Å²) in [6.45, 7) is 3.55. The number of urea groups is 1. The molecule has 13 nitrogen and oxygen atoms in total. The number of nitro groups is 1. The minimum absolute atomic E-state index is 0.0194. The molecule has 37 heavy (non-hydrogen) atoms. The van der Waals surface area contributed by atoms with Gasteiger partial charge in [0, 0.05) is 5.70 Å². The lowest BCUT2D eigenvalue weighted by Gasteiger charge is -2.28. The predicted molar refractivity (Wildman–Crippen MR) is 129 cm³/mol. The minimum atomic E-state index is -0.729. The van der Waals surface area contributed by atoms with Crippen LogP contribution < -0.4 is 20.1 Å². The number of amides is 2. The third kappa shape index (κ3) is 5.50. The first-order valence-electron chi connectivity index (χ1n) is 11.2. The second kappa shape index (κ2) is 10.8. The predicted octanol–water partition coefficient (Wildman–Crippen LogP) is 2.95. The van der Waals surface area contributed by atoms with Gasteiger partial charge in [-0.1, -0.05) is 17.3 Å². The Morgan fingerprint density at radius 2 is 2.03 bits per heavy atom. The van der Waals surface area contributed by atoms with Crippen molar-refractivity contribution in [3.8, 4) is 17.2 Å². The maximum absolute atomic E-state index is 12.5. The number of carbonyl (C=O) groups is 2. The summed E-state index contributed by atoms with van der Waals surface area (Å²) in [6, 6.07) is 10.1. The Labute approximate surface area is 211 Å². The van der Waals surface area contributed by atoms with E-state index in [1.165, 1.54) is 30.1 Å². The van der Waals surface area contributed by atoms with Crippen molar-refractivity contribution in [2.45, 2.75) is 26.5 Å². The summed E-state index contributed by atoms with van der Waals surface area (Å²) in [5.41, 5.74) is 1.78. The Balaban J connectivity index is 1.52. The van der Waals surface area contributed by atoms with Crippen molar-refractivity contribution in [1.82, 2.24) is 25.6 Å². The molecule has 3 aromatic rings. The van der Waals surface area contributed by atoms with Crippen molar-refractivity contribution in [2.24, 2.45) is 0 Å². The second-order valence-corrected chi connectivity index (χ2v) is 7.92. The largest absolute Gasteiger partial charge is 0.496 e. The fraction of sp³-hybridized carbons (Fsp3) is 0.250. The molecule has 2 amide bonds. The van der Waals surface area contributed by atoms with Crippen molar-refractivity contribution >= 4 is 17.7 Å². The molecule has 1 aliphatic heterocycles. The molecular weight excluding hydrogens is 484 g/mol.